The van der Waals surface area contributed by atoms with Crippen molar-refractivity contribution in [2.75, 3.05) is 44.5 Å². The Kier molecular flexibility index (Phi) is 8.12. The number of rotatable bonds is 9. The van der Waals surface area contributed by atoms with Crippen LogP contribution in [0.3, 0.4) is 0 Å². The van der Waals surface area contributed by atoms with Crippen molar-refractivity contribution in [2.45, 2.75) is 18.9 Å². The van der Waals surface area contributed by atoms with Gasteiger partial charge in [-0.25, -0.2) is 14.4 Å². The van der Waals surface area contributed by atoms with Gasteiger partial charge in [-0.15, -0.1) is 0 Å². The second-order valence-corrected chi connectivity index (χ2v) is 8.85. The lowest BCUT2D eigenvalue weighted by Gasteiger charge is -2.17. The first kappa shape index (κ1) is 24.8. The van der Waals surface area contributed by atoms with Crippen LogP contribution in [0.1, 0.15) is 12.8 Å². The average molecular weight is 500 g/mol. The minimum atomic E-state index is -0.509. The van der Waals surface area contributed by atoms with Crippen molar-refractivity contribution in [3.8, 4) is 5.75 Å². The Balaban J connectivity index is 1.65. The number of likely N-dealkylation sites (N-methyl/N-ethyl adjacent to an activating group) is 1. The fraction of sp³-hybridized carbons (Fsp3) is 0.320. The third-order valence-corrected chi connectivity index (χ3v) is 5.66. The number of carbonyl (C=O) groups excluding carboxylic acids is 1. The quantitative estimate of drug-likeness (QED) is 0.409. The van der Waals surface area contributed by atoms with Gasteiger partial charge < -0.3 is 25.0 Å². The van der Waals surface area contributed by atoms with Crippen LogP contribution in [-0.2, 0) is 9.53 Å². The van der Waals surface area contributed by atoms with Crippen LogP contribution in [0, 0.1) is 5.82 Å². The van der Waals surface area contributed by atoms with E-state index in [0.29, 0.717) is 47.0 Å². The molecule has 1 aromatic heterocycles. The summed E-state index contributed by atoms with van der Waals surface area (Å²) in [5.74, 6) is 0.161. The maximum atomic E-state index is 13.6. The average Bonchev–Trinajstić information content (AvgIpc) is 3.34. The summed E-state index contributed by atoms with van der Waals surface area (Å²) in [6.07, 6.45) is 6.62. The van der Waals surface area contributed by atoms with Crippen molar-refractivity contribution in [3.05, 3.63) is 59.7 Å². The van der Waals surface area contributed by atoms with Gasteiger partial charge in [-0.3, -0.25) is 4.79 Å². The fourth-order valence-corrected chi connectivity index (χ4v) is 3.80. The number of hydrogen-bond donors (Lipinski definition) is 2. The zero-order valence-corrected chi connectivity index (χ0v) is 20.3. The molecule has 1 saturated heterocycles. The molecular formula is C25H27ClFN5O3. The van der Waals surface area contributed by atoms with Crippen LogP contribution in [0.25, 0.3) is 10.9 Å². The van der Waals surface area contributed by atoms with Crippen LogP contribution < -0.4 is 15.4 Å². The number of halogens is 2. The normalized spacial score (nSPS) is 15.7. The van der Waals surface area contributed by atoms with Crippen LogP contribution in [0.15, 0.2) is 48.8 Å². The number of benzene rings is 2. The van der Waals surface area contributed by atoms with Gasteiger partial charge in [-0.2, -0.15) is 0 Å². The molecule has 1 amide bonds. The summed E-state index contributed by atoms with van der Waals surface area (Å²) in [5, 5.41) is 6.68. The molecule has 184 valence electrons. The van der Waals surface area contributed by atoms with Gasteiger partial charge >= 0.3 is 0 Å². The highest BCUT2D eigenvalue weighted by Crippen LogP contribution is 2.34. The fourth-order valence-electron chi connectivity index (χ4n) is 3.61. The Labute approximate surface area is 208 Å². The highest BCUT2D eigenvalue weighted by atomic mass is 35.5. The SMILES string of the molecule is CN(C)CC=CC(=O)Nc1cc2c(Nc3ccc(F)c(Cl)c3)ncnc2cc1OC[C@@H]1CCCO1. The molecule has 35 heavy (non-hydrogen) atoms. The Bertz CT molecular complexity index is 1230. The molecule has 1 aliphatic heterocycles. The van der Waals surface area contributed by atoms with Gasteiger partial charge in [0.1, 0.15) is 30.3 Å². The molecule has 0 bridgehead atoms. The smallest absolute Gasteiger partial charge is 0.248 e. The summed E-state index contributed by atoms with van der Waals surface area (Å²) in [6.45, 7) is 1.73. The number of anilines is 3. The molecule has 2 heterocycles. The first-order valence-electron chi connectivity index (χ1n) is 11.3. The minimum Gasteiger partial charge on any atom is -0.489 e. The first-order valence-corrected chi connectivity index (χ1v) is 11.6. The van der Waals surface area contributed by atoms with E-state index in [0.717, 1.165) is 19.4 Å². The van der Waals surface area contributed by atoms with Gasteiger partial charge in [-0.1, -0.05) is 17.7 Å². The Morgan fingerprint density at radius 1 is 1.31 bits per heavy atom. The molecule has 0 unspecified atom stereocenters. The molecule has 0 radical (unpaired) electrons. The summed E-state index contributed by atoms with van der Waals surface area (Å²) < 4.78 is 25.3. The lowest BCUT2D eigenvalue weighted by molar-refractivity contribution is -0.111. The molecule has 1 aliphatic rings. The molecule has 1 atom stereocenters. The molecule has 0 spiro atoms. The van der Waals surface area contributed by atoms with E-state index >= 15 is 0 Å². The number of aromatic nitrogens is 2. The van der Waals surface area contributed by atoms with E-state index in [4.69, 9.17) is 21.1 Å². The largest absolute Gasteiger partial charge is 0.489 e. The Morgan fingerprint density at radius 3 is 2.91 bits per heavy atom. The van der Waals surface area contributed by atoms with Crippen molar-refractivity contribution in [1.29, 1.82) is 0 Å². The molecular weight excluding hydrogens is 473 g/mol. The predicted molar refractivity (Wildman–Crippen MR) is 135 cm³/mol. The van der Waals surface area contributed by atoms with E-state index in [1.54, 1.807) is 24.3 Å². The minimum absolute atomic E-state index is 0.00403. The summed E-state index contributed by atoms with van der Waals surface area (Å²) in [7, 11) is 3.84. The predicted octanol–water partition coefficient (Wildman–Crippen LogP) is 4.78. The maximum Gasteiger partial charge on any atom is 0.248 e. The van der Waals surface area contributed by atoms with Crippen molar-refractivity contribution in [3.63, 3.8) is 0 Å². The zero-order valence-electron chi connectivity index (χ0n) is 19.6. The van der Waals surface area contributed by atoms with Crippen LogP contribution in [0.5, 0.6) is 5.75 Å². The third-order valence-electron chi connectivity index (χ3n) is 5.37. The lowest BCUT2D eigenvalue weighted by Crippen LogP contribution is -2.18. The van der Waals surface area contributed by atoms with E-state index in [1.165, 1.54) is 24.5 Å². The van der Waals surface area contributed by atoms with Crippen molar-refractivity contribution in [2.24, 2.45) is 0 Å². The molecule has 1 fully saturated rings. The van der Waals surface area contributed by atoms with Gasteiger partial charge in [0.15, 0.2) is 0 Å². The number of nitrogens with zero attached hydrogens (tertiary/aromatic N) is 3. The molecule has 10 heteroatoms. The number of amides is 1. The zero-order chi connectivity index (χ0) is 24.8. The van der Waals surface area contributed by atoms with Gasteiger partial charge in [-0.05, 0) is 51.2 Å². The number of carbonyl (C=O) groups is 1. The van der Waals surface area contributed by atoms with E-state index in [1.807, 2.05) is 19.0 Å². The summed E-state index contributed by atoms with van der Waals surface area (Å²) in [5.41, 5.74) is 1.65. The van der Waals surface area contributed by atoms with Crippen molar-refractivity contribution < 1.29 is 18.7 Å². The maximum absolute atomic E-state index is 13.6. The molecule has 8 nitrogen and oxygen atoms in total. The first-order chi connectivity index (χ1) is 16.9. The van der Waals surface area contributed by atoms with Crippen molar-refractivity contribution in [1.82, 2.24) is 14.9 Å². The molecule has 2 N–H and O–H groups in total. The van der Waals surface area contributed by atoms with Crippen LogP contribution in [0.4, 0.5) is 21.6 Å². The highest BCUT2D eigenvalue weighted by molar-refractivity contribution is 6.31. The van der Waals surface area contributed by atoms with Gasteiger partial charge in [0, 0.05) is 36.4 Å². The van der Waals surface area contributed by atoms with E-state index in [2.05, 4.69) is 20.6 Å². The standard InChI is InChI=1S/C25H27ClFN5O3/c1-32(2)9-3-6-24(33)31-22-12-18-21(13-23(22)35-14-17-5-4-10-34-17)28-15-29-25(18)30-16-7-8-20(27)19(26)11-16/h3,6-8,11-13,15,17H,4-5,9-10,14H2,1-2H3,(H,31,33)(H,28,29,30)/t17-/m0/s1. The number of ether oxygens (including phenoxy) is 2. The second-order valence-electron chi connectivity index (χ2n) is 8.44. The number of fused-ring (bicyclic) bond motifs is 1. The Morgan fingerprint density at radius 2 is 2.17 bits per heavy atom. The van der Waals surface area contributed by atoms with E-state index in [-0.39, 0.29) is 17.0 Å². The lowest BCUT2D eigenvalue weighted by atomic mass is 10.1. The van der Waals surface area contributed by atoms with Gasteiger partial charge in [0.2, 0.25) is 5.91 Å². The van der Waals surface area contributed by atoms with Crippen LogP contribution >= 0.6 is 11.6 Å². The number of hydrogen-bond acceptors (Lipinski definition) is 7. The summed E-state index contributed by atoms with van der Waals surface area (Å²) in [4.78, 5) is 23.2. The highest BCUT2D eigenvalue weighted by Gasteiger charge is 2.19. The topological polar surface area (TPSA) is 88.6 Å². The number of nitrogens with one attached hydrogen (secondary N) is 2. The van der Waals surface area contributed by atoms with E-state index in [9.17, 15) is 9.18 Å². The van der Waals surface area contributed by atoms with Crippen molar-refractivity contribution >= 4 is 45.6 Å². The molecule has 0 aliphatic carbocycles. The van der Waals surface area contributed by atoms with E-state index < -0.39 is 5.82 Å². The molecule has 0 saturated carbocycles. The van der Waals surface area contributed by atoms with Gasteiger partial charge in [0.05, 0.1) is 22.3 Å². The molecule has 3 aromatic rings. The Hall–Kier alpha value is -3.27. The summed E-state index contributed by atoms with van der Waals surface area (Å²) >= 11 is 5.92. The molecule has 2 aromatic carbocycles. The van der Waals surface area contributed by atoms with Gasteiger partial charge in [0.25, 0.3) is 0 Å². The second kappa shape index (κ2) is 11.4. The van der Waals surface area contributed by atoms with Crippen LogP contribution in [-0.4, -0.2) is 60.7 Å². The third kappa shape index (κ3) is 6.66. The van der Waals surface area contributed by atoms with Crippen LogP contribution in [0.2, 0.25) is 5.02 Å². The monoisotopic (exact) mass is 499 g/mol. The summed E-state index contributed by atoms with van der Waals surface area (Å²) in [6, 6.07) is 7.82. The molecule has 4 rings (SSSR count).